The molecule has 1 aliphatic rings. The van der Waals surface area contributed by atoms with E-state index in [0.717, 1.165) is 30.9 Å². The van der Waals surface area contributed by atoms with Crippen LogP contribution in [-0.4, -0.2) is 29.2 Å². The molecule has 3 rings (SSSR count). The van der Waals surface area contributed by atoms with Gasteiger partial charge in [-0.15, -0.1) is 5.10 Å². The second-order valence-corrected chi connectivity index (χ2v) is 6.34. The van der Waals surface area contributed by atoms with E-state index in [9.17, 15) is 9.18 Å². The quantitative estimate of drug-likeness (QED) is 0.923. The molecule has 1 saturated heterocycles. The Kier molecular flexibility index (Phi) is 4.94. The maximum absolute atomic E-state index is 13.2. The number of hydrogen-bond donors (Lipinski definition) is 1. The van der Waals surface area contributed by atoms with Gasteiger partial charge in [0, 0.05) is 18.8 Å². The van der Waals surface area contributed by atoms with Crippen LogP contribution in [0.5, 0.6) is 0 Å². The summed E-state index contributed by atoms with van der Waals surface area (Å²) < 4.78 is 13.2. The minimum atomic E-state index is -0.503. The number of nitrogens with zero attached hydrogens (tertiary/aromatic N) is 3. The number of benzene rings is 1. The summed E-state index contributed by atoms with van der Waals surface area (Å²) in [6.07, 6.45) is 1.70. The van der Waals surface area contributed by atoms with Gasteiger partial charge in [0.1, 0.15) is 5.82 Å². The second kappa shape index (κ2) is 7.13. The Labute approximate surface area is 144 Å². The molecule has 24 heavy (non-hydrogen) atoms. The number of carbonyl (C=O) groups is 1. The fourth-order valence-corrected chi connectivity index (χ4v) is 2.96. The summed E-state index contributed by atoms with van der Waals surface area (Å²) in [6, 6.07) is 7.99. The molecular formula is C17H18ClFN4O. The van der Waals surface area contributed by atoms with Gasteiger partial charge in [-0.3, -0.25) is 4.79 Å². The van der Waals surface area contributed by atoms with Gasteiger partial charge in [0.15, 0.2) is 5.82 Å². The monoisotopic (exact) mass is 348 g/mol. The topological polar surface area (TPSA) is 58.1 Å². The fraction of sp³-hybridized carbons (Fsp3) is 0.353. The molecule has 2 heterocycles. The number of hydrogen-bond acceptors (Lipinski definition) is 4. The zero-order chi connectivity index (χ0) is 17.1. The standard InChI is InChI=1S/C17H18ClFN4O/c1-11-4-7-16(22-21-11)23-8-2-3-12(10-23)17(24)20-13-5-6-15(19)14(18)9-13/h4-7,9,12H,2-3,8,10H2,1H3,(H,20,24)/t12-/m1/s1. The van der Waals surface area contributed by atoms with Crippen LogP contribution in [0.3, 0.4) is 0 Å². The Morgan fingerprint density at radius 1 is 1.33 bits per heavy atom. The minimum absolute atomic E-state index is 0.00648. The lowest BCUT2D eigenvalue weighted by Crippen LogP contribution is -2.41. The highest BCUT2D eigenvalue weighted by atomic mass is 35.5. The van der Waals surface area contributed by atoms with Crippen LogP contribution < -0.4 is 10.2 Å². The average molecular weight is 349 g/mol. The number of aromatic nitrogens is 2. The van der Waals surface area contributed by atoms with Gasteiger partial charge in [-0.1, -0.05) is 11.6 Å². The van der Waals surface area contributed by atoms with Crippen molar-refractivity contribution in [1.29, 1.82) is 0 Å². The highest BCUT2D eigenvalue weighted by molar-refractivity contribution is 6.31. The lowest BCUT2D eigenvalue weighted by atomic mass is 9.97. The van der Waals surface area contributed by atoms with E-state index in [1.807, 2.05) is 19.1 Å². The molecule has 1 aromatic carbocycles. The van der Waals surface area contributed by atoms with Gasteiger partial charge in [-0.2, -0.15) is 5.10 Å². The Balaban J connectivity index is 1.66. The van der Waals surface area contributed by atoms with Gasteiger partial charge in [0.25, 0.3) is 0 Å². The highest BCUT2D eigenvalue weighted by Gasteiger charge is 2.26. The minimum Gasteiger partial charge on any atom is -0.354 e. The molecule has 126 valence electrons. The van der Waals surface area contributed by atoms with Gasteiger partial charge in [0.2, 0.25) is 5.91 Å². The number of aryl methyl sites for hydroxylation is 1. The Morgan fingerprint density at radius 2 is 2.17 bits per heavy atom. The summed E-state index contributed by atoms with van der Waals surface area (Å²) in [4.78, 5) is 14.6. The number of anilines is 2. The van der Waals surface area contributed by atoms with Crippen molar-refractivity contribution < 1.29 is 9.18 Å². The SMILES string of the molecule is Cc1ccc(N2CCC[C@@H](C(=O)Nc3ccc(F)c(Cl)c3)C2)nn1. The number of piperidine rings is 1. The largest absolute Gasteiger partial charge is 0.354 e. The molecular weight excluding hydrogens is 331 g/mol. The number of nitrogens with one attached hydrogen (secondary N) is 1. The maximum atomic E-state index is 13.2. The molecule has 0 saturated carbocycles. The van der Waals surface area contributed by atoms with Crippen molar-refractivity contribution in [1.82, 2.24) is 10.2 Å². The molecule has 1 atom stereocenters. The van der Waals surface area contributed by atoms with Crippen molar-refractivity contribution in [3.63, 3.8) is 0 Å². The van der Waals surface area contributed by atoms with Gasteiger partial charge >= 0.3 is 0 Å². The zero-order valence-corrected chi connectivity index (χ0v) is 14.1. The molecule has 0 unspecified atom stereocenters. The van der Waals surface area contributed by atoms with Crippen LogP contribution in [-0.2, 0) is 4.79 Å². The van der Waals surface area contributed by atoms with Crippen molar-refractivity contribution >= 4 is 29.0 Å². The molecule has 1 amide bonds. The van der Waals surface area contributed by atoms with Crippen LogP contribution in [0.4, 0.5) is 15.9 Å². The molecule has 0 spiro atoms. The first kappa shape index (κ1) is 16.6. The number of amides is 1. The molecule has 0 aliphatic carbocycles. The zero-order valence-electron chi connectivity index (χ0n) is 13.3. The molecule has 0 radical (unpaired) electrons. The van der Waals surface area contributed by atoms with Gasteiger partial charge < -0.3 is 10.2 Å². The highest BCUT2D eigenvalue weighted by Crippen LogP contribution is 2.24. The third-order valence-corrected chi connectivity index (χ3v) is 4.38. The molecule has 2 aromatic rings. The number of halogens is 2. The smallest absolute Gasteiger partial charge is 0.229 e. The van der Waals surface area contributed by atoms with Crippen LogP contribution in [0.25, 0.3) is 0 Å². The normalized spacial score (nSPS) is 17.6. The number of rotatable bonds is 3. The fourth-order valence-electron chi connectivity index (χ4n) is 2.78. The summed E-state index contributed by atoms with van der Waals surface area (Å²) in [6.45, 7) is 3.32. The average Bonchev–Trinajstić information content (AvgIpc) is 2.59. The first-order valence-corrected chi connectivity index (χ1v) is 8.22. The van der Waals surface area contributed by atoms with Crippen LogP contribution in [0.1, 0.15) is 18.5 Å². The summed E-state index contributed by atoms with van der Waals surface area (Å²) in [5.41, 5.74) is 1.36. The van der Waals surface area contributed by atoms with Gasteiger partial charge in [-0.25, -0.2) is 4.39 Å². The van der Waals surface area contributed by atoms with Crippen molar-refractivity contribution in [3.05, 3.63) is 46.9 Å². The summed E-state index contributed by atoms with van der Waals surface area (Å²) >= 11 is 5.75. The predicted octanol–water partition coefficient (Wildman–Crippen LogP) is 3.43. The van der Waals surface area contributed by atoms with E-state index < -0.39 is 5.82 Å². The molecule has 0 bridgehead atoms. The first-order valence-electron chi connectivity index (χ1n) is 7.84. The van der Waals surface area contributed by atoms with E-state index in [2.05, 4.69) is 20.4 Å². The van der Waals surface area contributed by atoms with E-state index in [4.69, 9.17) is 11.6 Å². The van der Waals surface area contributed by atoms with Crippen molar-refractivity contribution in [2.45, 2.75) is 19.8 Å². The molecule has 1 fully saturated rings. The molecule has 5 nitrogen and oxygen atoms in total. The Hall–Kier alpha value is -2.21. The lowest BCUT2D eigenvalue weighted by molar-refractivity contribution is -0.120. The third kappa shape index (κ3) is 3.82. The van der Waals surface area contributed by atoms with E-state index in [-0.39, 0.29) is 16.8 Å². The summed E-state index contributed by atoms with van der Waals surface area (Å²) in [5, 5.41) is 11.1. The van der Waals surface area contributed by atoms with E-state index in [0.29, 0.717) is 12.2 Å². The van der Waals surface area contributed by atoms with Crippen molar-refractivity contribution in [2.24, 2.45) is 5.92 Å². The Morgan fingerprint density at radius 3 is 2.88 bits per heavy atom. The summed E-state index contributed by atoms with van der Waals surface area (Å²) in [7, 11) is 0. The Bertz CT molecular complexity index is 738. The first-order chi connectivity index (χ1) is 11.5. The molecule has 1 N–H and O–H groups in total. The second-order valence-electron chi connectivity index (χ2n) is 5.94. The lowest BCUT2D eigenvalue weighted by Gasteiger charge is -2.32. The number of carbonyl (C=O) groups excluding carboxylic acids is 1. The van der Waals surface area contributed by atoms with E-state index in [1.54, 1.807) is 0 Å². The van der Waals surface area contributed by atoms with E-state index in [1.165, 1.54) is 18.2 Å². The molecule has 1 aromatic heterocycles. The van der Waals surface area contributed by atoms with Crippen molar-refractivity contribution in [3.8, 4) is 0 Å². The van der Waals surface area contributed by atoms with Crippen LogP contribution in [0.15, 0.2) is 30.3 Å². The summed E-state index contributed by atoms with van der Waals surface area (Å²) in [5.74, 6) is 0.0208. The van der Waals surface area contributed by atoms with E-state index >= 15 is 0 Å². The molecule has 1 aliphatic heterocycles. The van der Waals surface area contributed by atoms with Crippen LogP contribution in [0.2, 0.25) is 5.02 Å². The van der Waals surface area contributed by atoms with Crippen molar-refractivity contribution in [2.75, 3.05) is 23.3 Å². The molecule has 7 heteroatoms. The van der Waals surface area contributed by atoms with Crippen LogP contribution in [0, 0.1) is 18.7 Å². The predicted molar refractivity (Wildman–Crippen MR) is 91.7 cm³/mol. The maximum Gasteiger partial charge on any atom is 0.229 e. The van der Waals surface area contributed by atoms with Crippen LogP contribution >= 0.6 is 11.6 Å². The van der Waals surface area contributed by atoms with Gasteiger partial charge in [-0.05, 0) is 50.1 Å². The third-order valence-electron chi connectivity index (χ3n) is 4.09. The van der Waals surface area contributed by atoms with Gasteiger partial charge in [0.05, 0.1) is 16.6 Å².